The van der Waals surface area contributed by atoms with Crippen LogP contribution in [0.25, 0.3) is 0 Å². The van der Waals surface area contributed by atoms with Crippen molar-refractivity contribution in [1.29, 1.82) is 0 Å². The zero-order valence-corrected chi connectivity index (χ0v) is 10.0. The predicted octanol–water partition coefficient (Wildman–Crippen LogP) is 2.50. The van der Waals surface area contributed by atoms with E-state index < -0.39 is 0 Å². The van der Waals surface area contributed by atoms with Crippen LogP contribution in [0.3, 0.4) is 0 Å². The molecule has 0 aromatic carbocycles. The van der Waals surface area contributed by atoms with Crippen molar-refractivity contribution in [3.8, 4) is 0 Å². The summed E-state index contributed by atoms with van der Waals surface area (Å²) >= 11 is 6.00. The average Bonchev–Trinajstić information content (AvgIpc) is 2.62. The second kappa shape index (κ2) is 4.61. The third-order valence-corrected chi connectivity index (χ3v) is 2.58. The predicted molar refractivity (Wildman–Crippen MR) is 62.5 cm³/mol. The van der Waals surface area contributed by atoms with E-state index in [1.807, 2.05) is 22.8 Å². The maximum atomic E-state index is 6.00. The smallest absolute Gasteiger partial charge is 0.225 e. The second-order valence-corrected chi connectivity index (χ2v) is 4.23. The van der Waals surface area contributed by atoms with E-state index in [1.54, 1.807) is 6.20 Å². The maximum Gasteiger partial charge on any atom is 0.225 e. The van der Waals surface area contributed by atoms with Crippen LogP contribution in [-0.4, -0.2) is 19.7 Å². The van der Waals surface area contributed by atoms with Crippen LogP contribution in [0.2, 0.25) is 5.28 Å². The molecule has 4 nitrogen and oxygen atoms in total. The summed E-state index contributed by atoms with van der Waals surface area (Å²) in [5.41, 5.74) is 0.950. The number of rotatable bonds is 3. The lowest BCUT2D eigenvalue weighted by molar-refractivity contribution is 0.661. The summed E-state index contributed by atoms with van der Waals surface area (Å²) in [4.78, 5) is 4.26. The van der Waals surface area contributed by atoms with Gasteiger partial charge in [0.15, 0.2) is 0 Å². The number of hydrogen-bond acceptors (Lipinski definition) is 3. The Kier molecular flexibility index (Phi) is 3.19. The number of hydrogen-bond donors (Lipinski definition) is 0. The minimum Gasteiger partial charge on any atom is -0.295 e. The van der Waals surface area contributed by atoms with Crippen LogP contribution in [0.15, 0.2) is 24.4 Å². The molecular formula is C11H13ClN4. The van der Waals surface area contributed by atoms with E-state index in [9.17, 15) is 0 Å². The van der Waals surface area contributed by atoms with E-state index >= 15 is 0 Å². The molecule has 2 aromatic rings. The standard InChI is InChI=1S/C11H13ClN4/c1-8(2)10-14-15-11(12)16(10)7-9-5-3-4-6-13-9/h3-6,8H,7H2,1-2H3. The molecule has 0 aliphatic heterocycles. The Bertz CT molecular complexity index is 464. The highest BCUT2D eigenvalue weighted by Gasteiger charge is 2.13. The Morgan fingerprint density at radius 3 is 2.75 bits per heavy atom. The number of halogens is 1. The van der Waals surface area contributed by atoms with Crippen molar-refractivity contribution in [2.24, 2.45) is 0 Å². The summed E-state index contributed by atoms with van der Waals surface area (Å²) in [7, 11) is 0. The SMILES string of the molecule is CC(C)c1nnc(Cl)n1Cc1ccccn1. The van der Waals surface area contributed by atoms with Gasteiger partial charge in [-0.05, 0) is 23.7 Å². The molecule has 2 aromatic heterocycles. The van der Waals surface area contributed by atoms with Gasteiger partial charge in [0.25, 0.3) is 0 Å². The van der Waals surface area contributed by atoms with Crippen molar-refractivity contribution in [3.05, 3.63) is 41.2 Å². The first-order valence-electron chi connectivity index (χ1n) is 5.17. The Labute approximate surface area is 99.3 Å². The highest BCUT2D eigenvalue weighted by Crippen LogP contribution is 2.17. The summed E-state index contributed by atoms with van der Waals surface area (Å²) in [5.74, 6) is 1.18. The molecule has 0 saturated heterocycles. The fourth-order valence-electron chi connectivity index (χ4n) is 1.52. The van der Waals surface area contributed by atoms with Crippen LogP contribution >= 0.6 is 11.6 Å². The van der Waals surface area contributed by atoms with Crippen molar-refractivity contribution in [1.82, 2.24) is 19.7 Å². The normalized spacial score (nSPS) is 11.0. The van der Waals surface area contributed by atoms with Crippen LogP contribution in [0, 0.1) is 0 Å². The van der Waals surface area contributed by atoms with E-state index in [0.29, 0.717) is 17.7 Å². The lowest BCUT2D eigenvalue weighted by atomic mass is 10.2. The molecule has 2 rings (SSSR count). The number of aromatic nitrogens is 4. The quantitative estimate of drug-likeness (QED) is 0.823. The molecule has 0 fully saturated rings. The molecule has 0 amide bonds. The van der Waals surface area contributed by atoms with Gasteiger partial charge in [-0.2, -0.15) is 0 Å². The van der Waals surface area contributed by atoms with Gasteiger partial charge in [0.05, 0.1) is 12.2 Å². The molecule has 0 atom stereocenters. The molecule has 0 spiro atoms. The van der Waals surface area contributed by atoms with Gasteiger partial charge in [-0.1, -0.05) is 19.9 Å². The fraction of sp³-hybridized carbons (Fsp3) is 0.364. The number of nitrogens with zero attached hydrogens (tertiary/aromatic N) is 4. The molecule has 0 aliphatic carbocycles. The monoisotopic (exact) mass is 236 g/mol. The third-order valence-electron chi connectivity index (χ3n) is 2.30. The zero-order valence-electron chi connectivity index (χ0n) is 9.26. The average molecular weight is 237 g/mol. The van der Waals surface area contributed by atoms with Crippen molar-refractivity contribution in [2.45, 2.75) is 26.3 Å². The van der Waals surface area contributed by atoms with Crippen LogP contribution in [0.1, 0.15) is 31.3 Å². The topological polar surface area (TPSA) is 43.6 Å². The highest BCUT2D eigenvalue weighted by molar-refractivity contribution is 6.28. The van der Waals surface area contributed by atoms with Gasteiger partial charge in [-0.15, -0.1) is 10.2 Å². The van der Waals surface area contributed by atoms with Crippen LogP contribution in [-0.2, 0) is 6.54 Å². The highest BCUT2D eigenvalue weighted by atomic mass is 35.5. The summed E-state index contributed by atoms with van der Waals surface area (Å²) in [6, 6.07) is 5.80. The fourth-order valence-corrected chi connectivity index (χ4v) is 1.71. The van der Waals surface area contributed by atoms with E-state index in [4.69, 9.17) is 11.6 Å². The molecule has 16 heavy (non-hydrogen) atoms. The Balaban J connectivity index is 2.31. The minimum absolute atomic E-state index is 0.295. The van der Waals surface area contributed by atoms with Crippen molar-refractivity contribution >= 4 is 11.6 Å². The lowest BCUT2D eigenvalue weighted by Gasteiger charge is -2.09. The van der Waals surface area contributed by atoms with Gasteiger partial charge < -0.3 is 0 Å². The Hall–Kier alpha value is -1.42. The molecule has 84 valence electrons. The molecule has 2 heterocycles. The van der Waals surface area contributed by atoms with E-state index in [2.05, 4.69) is 29.0 Å². The molecular weight excluding hydrogens is 224 g/mol. The molecule has 0 N–H and O–H groups in total. The van der Waals surface area contributed by atoms with Crippen LogP contribution < -0.4 is 0 Å². The molecule has 0 aliphatic rings. The zero-order chi connectivity index (χ0) is 11.5. The molecule has 0 bridgehead atoms. The van der Waals surface area contributed by atoms with Gasteiger partial charge >= 0.3 is 0 Å². The van der Waals surface area contributed by atoms with Gasteiger partial charge in [0, 0.05) is 12.1 Å². The first-order valence-corrected chi connectivity index (χ1v) is 5.55. The van der Waals surface area contributed by atoms with E-state index in [0.717, 1.165) is 11.5 Å². The lowest BCUT2D eigenvalue weighted by Crippen LogP contribution is -2.07. The van der Waals surface area contributed by atoms with Gasteiger partial charge in [0.2, 0.25) is 5.28 Å². The summed E-state index contributed by atoms with van der Waals surface area (Å²) < 4.78 is 1.88. The van der Waals surface area contributed by atoms with Gasteiger partial charge in [-0.25, -0.2) is 0 Å². The summed E-state index contributed by atoms with van der Waals surface area (Å²) in [5, 5.41) is 8.36. The molecule has 0 radical (unpaired) electrons. The molecule has 5 heteroatoms. The van der Waals surface area contributed by atoms with Crippen molar-refractivity contribution in [2.75, 3.05) is 0 Å². The summed E-state index contributed by atoms with van der Waals surface area (Å²) in [6.07, 6.45) is 1.77. The van der Waals surface area contributed by atoms with E-state index in [-0.39, 0.29) is 0 Å². The van der Waals surface area contributed by atoms with Gasteiger partial charge in [-0.3, -0.25) is 9.55 Å². The Morgan fingerprint density at radius 1 is 1.31 bits per heavy atom. The van der Waals surface area contributed by atoms with Crippen LogP contribution in [0.5, 0.6) is 0 Å². The second-order valence-electron chi connectivity index (χ2n) is 3.89. The van der Waals surface area contributed by atoms with Crippen molar-refractivity contribution < 1.29 is 0 Å². The first-order chi connectivity index (χ1) is 7.68. The number of pyridine rings is 1. The third kappa shape index (κ3) is 2.22. The van der Waals surface area contributed by atoms with Crippen molar-refractivity contribution in [3.63, 3.8) is 0 Å². The van der Waals surface area contributed by atoms with Gasteiger partial charge in [0.1, 0.15) is 5.82 Å². The maximum absolute atomic E-state index is 6.00. The minimum atomic E-state index is 0.295. The molecule has 0 saturated carbocycles. The van der Waals surface area contributed by atoms with Crippen LogP contribution in [0.4, 0.5) is 0 Å². The summed E-state index contributed by atoms with van der Waals surface area (Å²) in [6.45, 7) is 4.74. The Morgan fingerprint density at radius 2 is 2.12 bits per heavy atom. The largest absolute Gasteiger partial charge is 0.295 e. The molecule has 0 unspecified atom stereocenters. The van der Waals surface area contributed by atoms with E-state index in [1.165, 1.54) is 0 Å². The first kappa shape index (κ1) is 11.1.